The van der Waals surface area contributed by atoms with Crippen molar-refractivity contribution in [3.63, 3.8) is 0 Å². The van der Waals surface area contributed by atoms with E-state index < -0.39 is 11.8 Å². The first kappa shape index (κ1) is 36.1. The van der Waals surface area contributed by atoms with Crippen molar-refractivity contribution in [3.05, 3.63) is 130 Å². The summed E-state index contributed by atoms with van der Waals surface area (Å²) in [7, 11) is 6.22. The first-order chi connectivity index (χ1) is 24.6. The molecule has 1 aromatic heterocycles. The minimum Gasteiger partial charge on any atom is -0.496 e. The Morgan fingerprint density at radius 3 is 2.10 bits per heavy atom. The second-order valence-electron chi connectivity index (χ2n) is 11.1. The molecule has 3 N–H and O–H groups in total. The van der Waals surface area contributed by atoms with Gasteiger partial charge in [0.25, 0.3) is 17.4 Å². The maximum atomic E-state index is 13.7. The van der Waals surface area contributed by atoms with E-state index in [9.17, 15) is 19.2 Å². The standard InChI is InChI=1S/C38H37N5O7S/c1-24-35(38(47)43(42(24)2)28-16-10-7-11-17-28)41-34(44)23-51-29-18-12-15-27(21-29)39-37(46)30(40-36(45)25-13-8-6-9-14-25)19-26-20-32(49-4)33(50-5)22-31(26)48-3/h6-22H,23H2,1-5H3,(H,39,46)(H,40,45)(H,41,44)/b30-19+. The van der Waals surface area contributed by atoms with Gasteiger partial charge in [-0.25, -0.2) is 4.68 Å². The predicted octanol–water partition coefficient (Wildman–Crippen LogP) is 5.65. The second kappa shape index (κ2) is 16.5. The van der Waals surface area contributed by atoms with Crippen molar-refractivity contribution in [2.75, 3.05) is 37.7 Å². The van der Waals surface area contributed by atoms with Crippen molar-refractivity contribution in [2.45, 2.75) is 11.8 Å². The number of carbonyl (C=O) groups excluding carboxylic acids is 3. The molecule has 0 bridgehead atoms. The second-order valence-corrected chi connectivity index (χ2v) is 12.1. The van der Waals surface area contributed by atoms with Gasteiger partial charge in [0.05, 0.1) is 38.5 Å². The molecule has 5 aromatic rings. The zero-order chi connectivity index (χ0) is 36.5. The number of thioether (sulfide) groups is 1. The number of nitrogens with zero attached hydrogens (tertiary/aromatic N) is 2. The molecule has 0 saturated carbocycles. The Labute approximate surface area is 299 Å². The average Bonchev–Trinajstić information content (AvgIpc) is 3.36. The number of carbonyl (C=O) groups is 3. The van der Waals surface area contributed by atoms with E-state index in [1.165, 1.54) is 43.8 Å². The van der Waals surface area contributed by atoms with E-state index >= 15 is 0 Å². The van der Waals surface area contributed by atoms with Gasteiger partial charge in [0.15, 0.2) is 11.5 Å². The molecule has 0 aliphatic heterocycles. The average molecular weight is 708 g/mol. The highest BCUT2D eigenvalue weighted by atomic mass is 32.2. The Morgan fingerprint density at radius 2 is 1.43 bits per heavy atom. The number of hydrogen-bond acceptors (Lipinski definition) is 8. The first-order valence-corrected chi connectivity index (χ1v) is 16.7. The summed E-state index contributed by atoms with van der Waals surface area (Å²) < 4.78 is 19.5. The van der Waals surface area contributed by atoms with E-state index in [4.69, 9.17) is 14.2 Å². The van der Waals surface area contributed by atoms with Crippen molar-refractivity contribution in [2.24, 2.45) is 7.05 Å². The third-order valence-electron chi connectivity index (χ3n) is 7.85. The van der Waals surface area contributed by atoms with E-state index in [0.29, 0.717) is 50.3 Å². The summed E-state index contributed by atoms with van der Waals surface area (Å²) in [6.45, 7) is 1.77. The highest BCUT2D eigenvalue weighted by Gasteiger charge is 2.20. The van der Waals surface area contributed by atoms with Gasteiger partial charge >= 0.3 is 0 Å². The van der Waals surface area contributed by atoms with Crippen LogP contribution >= 0.6 is 11.8 Å². The summed E-state index contributed by atoms with van der Waals surface area (Å²) in [5, 5.41) is 8.32. The van der Waals surface area contributed by atoms with Crippen LogP contribution < -0.4 is 35.7 Å². The van der Waals surface area contributed by atoms with E-state index in [1.54, 1.807) is 85.4 Å². The van der Waals surface area contributed by atoms with Gasteiger partial charge in [-0.15, -0.1) is 11.8 Å². The topological polar surface area (TPSA) is 142 Å². The third-order valence-corrected chi connectivity index (χ3v) is 8.84. The van der Waals surface area contributed by atoms with Crippen LogP contribution in [-0.4, -0.2) is 54.2 Å². The molecule has 0 aliphatic rings. The predicted molar refractivity (Wildman–Crippen MR) is 198 cm³/mol. The van der Waals surface area contributed by atoms with Crippen LogP contribution in [0.1, 0.15) is 21.6 Å². The quantitative estimate of drug-likeness (QED) is 0.105. The van der Waals surface area contributed by atoms with Gasteiger partial charge in [0.1, 0.15) is 17.1 Å². The number of anilines is 2. The van der Waals surface area contributed by atoms with Crippen LogP contribution in [0.2, 0.25) is 0 Å². The molecular formula is C38H37N5O7S. The summed E-state index contributed by atoms with van der Waals surface area (Å²) in [5.41, 5.74) is 2.34. The molecule has 12 nitrogen and oxygen atoms in total. The Bertz CT molecular complexity index is 2140. The summed E-state index contributed by atoms with van der Waals surface area (Å²) in [4.78, 5) is 53.8. The number of benzene rings is 4. The molecule has 0 spiro atoms. The molecule has 3 amide bonds. The molecule has 1 heterocycles. The Kier molecular flexibility index (Phi) is 11.6. The van der Waals surface area contributed by atoms with Crippen molar-refractivity contribution < 1.29 is 28.6 Å². The summed E-state index contributed by atoms with van der Waals surface area (Å²) in [6.07, 6.45) is 1.48. The van der Waals surface area contributed by atoms with Crippen LogP contribution in [0.25, 0.3) is 11.8 Å². The molecule has 5 rings (SSSR count). The molecule has 0 radical (unpaired) electrons. The molecule has 0 saturated heterocycles. The maximum Gasteiger partial charge on any atom is 0.295 e. The van der Waals surface area contributed by atoms with Crippen LogP contribution in [0.4, 0.5) is 11.4 Å². The summed E-state index contributed by atoms with van der Waals surface area (Å²) in [5.74, 6) is -0.241. The van der Waals surface area contributed by atoms with Crippen molar-refractivity contribution in [1.29, 1.82) is 0 Å². The molecule has 262 valence electrons. The lowest BCUT2D eigenvalue weighted by atomic mass is 10.1. The van der Waals surface area contributed by atoms with Gasteiger partial charge in [-0.05, 0) is 61.5 Å². The van der Waals surface area contributed by atoms with E-state index in [2.05, 4.69) is 16.0 Å². The fraction of sp³-hybridized carbons (Fsp3) is 0.158. The molecule has 51 heavy (non-hydrogen) atoms. The number of nitrogens with one attached hydrogen (secondary N) is 3. The van der Waals surface area contributed by atoms with Gasteiger partial charge in [-0.2, -0.15) is 0 Å². The minimum absolute atomic E-state index is 0.00783. The van der Waals surface area contributed by atoms with Crippen molar-refractivity contribution in [3.8, 4) is 22.9 Å². The maximum absolute atomic E-state index is 13.7. The van der Waals surface area contributed by atoms with Gasteiger partial charge in [-0.1, -0.05) is 42.5 Å². The minimum atomic E-state index is -0.606. The van der Waals surface area contributed by atoms with E-state index in [1.807, 2.05) is 30.3 Å². The molecule has 4 aromatic carbocycles. The number of para-hydroxylation sites is 1. The SMILES string of the molecule is COc1cc(OC)c(OC)cc1/C=C(/NC(=O)c1ccccc1)C(=O)Nc1cccc(SCC(=O)Nc2c(C)n(C)n(-c3ccccc3)c2=O)c1. The first-order valence-electron chi connectivity index (χ1n) is 15.7. The normalized spacial score (nSPS) is 11.0. The Hall–Kier alpha value is -6.21. The highest BCUT2D eigenvalue weighted by molar-refractivity contribution is 8.00. The Balaban J connectivity index is 1.33. The van der Waals surface area contributed by atoms with E-state index in [-0.39, 0.29) is 28.6 Å². The molecule has 0 atom stereocenters. The lowest BCUT2D eigenvalue weighted by Gasteiger charge is -2.15. The molecule has 0 fully saturated rings. The largest absolute Gasteiger partial charge is 0.496 e. The molecule has 0 unspecified atom stereocenters. The van der Waals surface area contributed by atoms with E-state index in [0.717, 1.165) is 0 Å². The number of hydrogen-bond donors (Lipinski definition) is 3. The summed E-state index contributed by atoms with van der Waals surface area (Å²) >= 11 is 1.23. The van der Waals surface area contributed by atoms with Crippen molar-refractivity contribution >= 4 is 46.9 Å². The van der Waals surface area contributed by atoms with Gasteiger partial charge in [0.2, 0.25) is 5.91 Å². The van der Waals surface area contributed by atoms with Crippen LogP contribution in [0.3, 0.4) is 0 Å². The lowest BCUT2D eigenvalue weighted by Crippen LogP contribution is -2.30. The molecule has 0 aliphatic carbocycles. The Morgan fingerprint density at radius 1 is 0.784 bits per heavy atom. The number of amides is 3. The van der Waals surface area contributed by atoms with Crippen LogP contribution in [-0.2, 0) is 16.6 Å². The fourth-order valence-electron chi connectivity index (χ4n) is 5.16. The molecular weight excluding hydrogens is 671 g/mol. The number of ether oxygens (including phenoxy) is 3. The van der Waals surface area contributed by atoms with Crippen molar-refractivity contribution in [1.82, 2.24) is 14.7 Å². The lowest BCUT2D eigenvalue weighted by molar-refractivity contribution is -0.114. The van der Waals surface area contributed by atoms with Crippen LogP contribution in [0.15, 0.2) is 112 Å². The van der Waals surface area contributed by atoms with Gasteiger partial charge in [0, 0.05) is 34.8 Å². The highest BCUT2D eigenvalue weighted by Crippen LogP contribution is 2.35. The van der Waals surface area contributed by atoms with Crippen LogP contribution in [0.5, 0.6) is 17.2 Å². The number of rotatable bonds is 13. The monoisotopic (exact) mass is 707 g/mol. The van der Waals surface area contributed by atoms with Gasteiger partial charge < -0.3 is 30.2 Å². The smallest absolute Gasteiger partial charge is 0.295 e. The number of aromatic nitrogens is 2. The zero-order valence-electron chi connectivity index (χ0n) is 28.7. The van der Waals surface area contributed by atoms with Crippen LogP contribution in [0, 0.1) is 6.92 Å². The number of methoxy groups -OCH3 is 3. The zero-order valence-corrected chi connectivity index (χ0v) is 29.5. The summed E-state index contributed by atoms with van der Waals surface area (Å²) in [6, 6.07) is 27.9. The third kappa shape index (κ3) is 8.51. The molecule has 13 heteroatoms. The fourth-order valence-corrected chi connectivity index (χ4v) is 5.92. The van der Waals surface area contributed by atoms with Gasteiger partial charge in [-0.3, -0.25) is 23.9 Å².